The number of aliphatic hydroxyl groups excluding tert-OH is 2. The van der Waals surface area contributed by atoms with Crippen LogP contribution in [0.15, 0.2) is 0 Å². The molecule has 1 unspecified atom stereocenters. The molecule has 0 saturated carbocycles. The number of nitrogens with two attached hydrogens (primary N) is 1. The Hall–Kier alpha value is -0.610. The predicted octanol–water partition coefficient (Wildman–Crippen LogP) is -0.759. The van der Waals surface area contributed by atoms with E-state index in [-0.39, 0.29) is 13.0 Å². The number of hydrogen-bond acceptors (Lipinski definition) is 3. The molecule has 0 heterocycles. The van der Waals surface area contributed by atoms with E-state index in [1.165, 1.54) is 0 Å². The van der Waals surface area contributed by atoms with Crippen molar-refractivity contribution >= 4 is 5.91 Å². The third kappa shape index (κ3) is 2.48. The summed E-state index contributed by atoms with van der Waals surface area (Å²) in [6.45, 7) is 2.96. The number of primary amides is 1. The molecule has 0 fully saturated rings. The lowest BCUT2D eigenvalue weighted by Gasteiger charge is -2.26. The first-order valence-corrected chi connectivity index (χ1v) is 3.51. The highest BCUT2D eigenvalue weighted by Crippen LogP contribution is 2.21. The fourth-order valence-corrected chi connectivity index (χ4v) is 0.647. The van der Waals surface area contributed by atoms with Gasteiger partial charge in [0.1, 0.15) is 0 Å². The van der Waals surface area contributed by atoms with E-state index in [9.17, 15) is 9.90 Å². The average Bonchev–Trinajstić information content (AvgIpc) is 1.88. The van der Waals surface area contributed by atoms with Gasteiger partial charge in [0, 0.05) is 6.61 Å². The molecule has 4 N–H and O–H groups in total. The summed E-state index contributed by atoms with van der Waals surface area (Å²) in [5.41, 5.74) is 4.07. The Morgan fingerprint density at radius 1 is 1.64 bits per heavy atom. The number of carbonyl (C=O) groups is 1. The molecule has 0 spiro atoms. The Bertz CT molecular complexity index is 145. The summed E-state index contributed by atoms with van der Waals surface area (Å²) in [5.74, 6) is -0.557. The van der Waals surface area contributed by atoms with Gasteiger partial charge in [-0.2, -0.15) is 0 Å². The molecule has 1 amide bonds. The standard InChI is InChI=1S/C7H15NO3/c1-7(2,6(8)11)5(10)3-4-9/h5,9-10H,3-4H2,1-2H3,(H2,8,11). The van der Waals surface area contributed by atoms with Gasteiger partial charge in [0.25, 0.3) is 0 Å². The van der Waals surface area contributed by atoms with Gasteiger partial charge in [-0.25, -0.2) is 0 Å². The van der Waals surface area contributed by atoms with E-state index in [1.54, 1.807) is 13.8 Å². The van der Waals surface area contributed by atoms with Gasteiger partial charge in [-0.15, -0.1) is 0 Å². The van der Waals surface area contributed by atoms with Gasteiger partial charge >= 0.3 is 0 Å². The fraction of sp³-hybridized carbons (Fsp3) is 0.857. The van der Waals surface area contributed by atoms with Crippen molar-refractivity contribution in [2.24, 2.45) is 11.1 Å². The maximum atomic E-state index is 10.7. The van der Waals surface area contributed by atoms with Crippen LogP contribution >= 0.6 is 0 Å². The minimum Gasteiger partial charge on any atom is -0.396 e. The molecule has 0 aromatic rings. The number of hydrogen-bond donors (Lipinski definition) is 3. The lowest BCUT2D eigenvalue weighted by Crippen LogP contribution is -2.42. The van der Waals surface area contributed by atoms with Gasteiger partial charge in [-0.3, -0.25) is 4.79 Å². The van der Waals surface area contributed by atoms with Crippen LogP contribution in [0.25, 0.3) is 0 Å². The number of amides is 1. The van der Waals surface area contributed by atoms with E-state index in [1.807, 2.05) is 0 Å². The van der Waals surface area contributed by atoms with Crippen LogP contribution < -0.4 is 5.73 Å². The summed E-state index contributed by atoms with van der Waals surface area (Å²) >= 11 is 0. The molecule has 11 heavy (non-hydrogen) atoms. The second kappa shape index (κ2) is 3.69. The summed E-state index contributed by atoms with van der Waals surface area (Å²) in [5, 5.41) is 17.8. The summed E-state index contributed by atoms with van der Waals surface area (Å²) in [6.07, 6.45) is -0.694. The molecule has 0 aliphatic heterocycles. The number of carbonyl (C=O) groups excluding carboxylic acids is 1. The first-order valence-electron chi connectivity index (χ1n) is 3.51. The minimum absolute atomic E-state index is 0.141. The van der Waals surface area contributed by atoms with E-state index < -0.39 is 17.4 Å². The van der Waals surface area contributed by atoms with Crippen LogP contribution in [0.3, 0.4) is 0 Å². The van der Waals surface area contributed by atoms with Crippen molar-refractivity contribution in [3.05, 3.63) is 0 Å². The zero-order valence-corrected chi connectivity index (χ0v) is 6.87. The van der Waals surface area contributed by atoms with Crippen LogP contribution in [-0.4, -0.2) is 28.8 Å². The van der Waals surface area contributed by atoms with Gasteiger partial charge in [0.15, 0.2) is 0 Å². The van der Waals surface area contributed by atoms with Gasteiger partial charge in [-0.1, -0.05) is 0 Å². The van der Waals surface area contributed by atoms with Gasteiger partial charge in [0.05, 0.1) is 11.5 Å². The molecular weight excluding hydrogens is 146 g/mol. The van der Waals surface area contributed by atoms with E-state index in [4.69, 9.17) is 10.8 Å². The SMILES string of the molecule is CC(C)(C(N)=O)C(O)CCO. The van der Waals surface area contributed by atoms with Crippen molar-refractivity contribution in [2.75, 3.05) is 6.61 Å². The lowest BCUT2D eigenvalue weighted by molar-refractivity contribution is -0.132. The van der Waals surface area contributed by atoms with Crippen LogP contribution in [0.2, 0.25) is 0 Å². The van der Waals surface area contributed by atoms with Crippen molar-refractivity contribution in [1.29, 1.82) is 0 Å². The normalized spacial score (nSPS) is 14.5. The van der Waals surface area contributed by atoms with Crippen molar-refractivity contribution in [3.8, 4) is 0 Å². The molecule has 0 aliphatic rings. The highest BCUT2D eigenvalue weighted by molar-refractivity contribution is 5.80. The van der Waals surface area contributed by atoms with Crippen LogP contribution in [-0.2, 0) is 4.79 Å². The molecule has 66 valence electrons. The maximum absolute atomic E-state index is 10.7. The fourth-order valence-electron chi connectivity index (χ4n) is 0.647. The van der Waals surface area contributed by atoms with E-state index in [2.05, 4.69) is 0 Å². The molecule has 0 rings (SSSR count). The topological polar surface area (TPSA) is 83.6 Å². The highest BCUT2D eigenvalue weighted by atomic mass is 16.3. The van der Waals surface area contributed by atoms with Crippen LogP contribution in [0.4, 0.5) is 0 Å². The van der Waals surface area contributed by atoms with Crippen molar-refractivity contribution in [2.45, 2.75) is 26.4 Å². The van der Waals surface area contributed by atoms with E-state index in [0.717, 1.165) is 0 Å². The van der Waals surface area contributed by atoms with Gasteiger partial charge < -0.3 is 15.9 Å². The summed E-state index contributed by atoms with van der Waals surface area (Å²) in [4.78, 5) is 10.7. The quantitative estimate of drug-likeness (QED) is 0.507. The van der Waals surface area contributed by atoms with Crippen molar-refractivity contribution in [3.63, 3.8) is 0 Å². The third-order valence-electron chi connectivity index (χ3n) is 1.87. The molecule has 0 radical (unpaired) electrons. The van der Waals surface area contributed by atoms with Crippen LogP contribution in [0.1, 0.15) is 20.3 Å². The smallest absolute Gasteiger partial charge is 0.225 e. The zero-order chi connectivity index (χ0) is 9.07. The number of aliphatic hydroxyl groups is 2. The summed E-state index contributed by atoms with van der Waals surface area (Å²) in [7, 11) is 0. The average molecular weight is 161 g/mol. The molecule has 0 aromatic heterocycles. The van der Waals surface area contributed by atoms with Gasteiger partial charge in [0.2, 0.25) is 5.91 Å². The second-order valence-corrected chi connectivity index (χ2v) is 3.11. The molecule has 4 heteroatoms. The molecular formula is C7H15NO3. The van der Waals surface area contributed by atoms with Crippen LogP contribution in [0.5, 0.6) is 0 Å². The van der Waals surface area contributed by atoms with Crippen LogP contribution in [0, 0.1) is 5.41 Å². The molecule has 0 saturated heterocycles. The first-order chi connectivity index (χ1) is 4.92. The number of rotatable bonds is 4. The summed E-state index contributed by atoms with van der Waals surface area (Å²) < 4.78 is 0. The minimum atomic E-state index is -0.956. The second-order valence-electron chi connectivity index (χ2n) is 3.11. The Kier molecular flexibility index (Phi) is 3.48. The Morgan fingerprint density at radius 2 is 2.09 bits per heavy atom. The molecule has 0 aliphatic carbocycles. The maximum Gasteiger partial charge on any atom is 0.225 e. The van der Waals surface area contributed by atoms with Crippen molar-refractivity contribution < 1.29 is 15.0 Å². The third-order valence-corrected chi connectivity index (χ3v) is 1.87. The Balaban J connectivity index is 4.17. The van der Waals surface area contributed by atoms with Crippen molar-refractivity contribution in [1.82, 2.24) is 0 Å². The molecule has 0 bridgehead atoms. The highest BCUT2D eigenvalue weighted by Gasteiger charge is 2.33. The van der Waals surface area contributed by atoms with Gasteiger partial charge in [-0.05, 0) is 20.3 Å². The van der Waals surface area contributed by atoms with E-state index in [0.29, 0.717) is 0 Å². The molecule has 4 nitrogen and oxygen atoms in total. The zero-order valence-electron chi connectivity index (χ0n) is 6.87. The molecule has 1 atom stereocenters. The predicted molar refractivity (Wildman–Crippen MR) is 40.7 cm³/mol. The largest absolute Gasteiger partial charge is 0.396 e. The van der Waals surface area contributed by atoms with E-state index >= 15 is 0 Å². The first kappa shape index (κ1) is 10.4. The Morgan fingerprint density at radius 3 is 2.36 bits per heavy atom. The lowest BCUT2D eigenvalue weighted by atomic mass is 9.84. The molecule has 0 aromatic carbocycles. The monoisotopic (exact) mass is 161 g/mol. The Labute approximate surface area is 66.0 Å². The summed E-state index contributed by atoms with van der Waals surface area (Å²) in [6, 6.07) is 0.